The number of likely N-dealkylation sites (tertiary alicyclic amines) is 1. The van der Waals surface area contributed by atoms with Crippen LogP contribution in [0.15, 0.2) is 54.6 Å². The van der Waals surface area contributed by atoms with Gasteiger partial charge in [-0.25, -0.2) is 0 Å². The Balaban J connectivity index is 1.24. The van der Waals surface area contributed by atoms with Crippen LogP contribution in [0.5, 0.6) is 5.75 Å². The Bertz CT molecular complexity index is 1390. The summed E-state index contributed by atoms with van der Waals surface area (Å²) >= 11 is 0. The molecular formula is C31H33N3O3. The van der Waals surface area contributed by atoms with Crippen LogP contribution in [0, 0.1) is 6.92 Å². The summed E-state index contributed by atoms with van der Waals surface area (Å²) in [5, 5.41) is 2.83. The van der Waals surface area contributed by atoms with E-state index in [1.807, 2.05) is 54.3 Å². The lowest BCUT2D eigenvalue weighted by Gasteiger charge is -2.37. The van der Waals surface area contributed by atoms with E-state index in [9.17, 15) is 9.59 Å². The van der Waals surface area contributed by atoms with Crippen molar-refractivity contribution in [2.24, 2.45) is 0 Å². The lowest BCUT2D eigenvalue weighted by molar-refractivity contribution is -0.114. The van der Waals surface area contributed by atoms with Crippen molar-refractivity contribution in [3.05, 3.63) is 76.9 Å². The number of amides is 2. The van der Waals surface area contributed by atoms with E-state index in [2.05, 4.69) is 29.4 Å². The molecule has 1 N–H and O–H groups in total. The molecule has 0 atom stereocenters. The number of benzene rings is 3. The van der Waals surface area contributed by atoms with E-state index in [1.54, 1.807) is 0 Å². The van der Waals surface area contributed by atoms with Gasteiger partial charge in [-0.05, 0) is 105 Å². The second-order valence-corrected chi connectivity index (χ2v) is 10.8. The second kappa shape index (κ2) is 9.03. The van der Waals surface area contributed by atoms with Crippen molar-refractivity contribution in [2.75, 3.05) is 43.5 Å². The molecule has 2 amide bonds. The maximum atomic E-state index is 13.6. The molecule has 0 radical (unpaired) electrons. The zero-order valence-electron chi connectivity index (χ0n) is 21.8. The Kier molecular flexibility index (Phi) is 5.80. The van der Waals surface area contributed by atoms with E-state index in [0.717, 1.165) is 72.8 Å². The van der Waals surface area contributed by atoms with Crippen molar-refractivity contribution < 1.29 is 14.3 Å². The average molecular weight is 496 g/mol. The molecule has 0 bridgehead atoms. The van der Waals surface area contributed by atoms with Gasteiger partial charge < -0.3 is 19.9 Å². The number of hydrogen-bond acceptors (Lipinski definition) is 4. The number of piperidine rings is 1. The quantitative estimate of drug-likeness (QED) is 0.544. The van der Waals surface area contributed by atoms with E-state index < -0.39 is 0 Å². The monoisotopic (exact) mass is 495 g/mol. The molecule has 6 rings (SSSR count). The van der Waals surface area contributed by atoms with Crippen molar-refractivity contribution in [1.82, 2.24) is 4.90 Å². The first kappa shape index (κ1) is 23.7. The normalized spacial score (nSPS) is 17.9. The number of hydrogen-bond donors (Lipinski definition) is 1. The average Bonchev–Trinajstić information content (AvgIpc) is 3.45. The number of fused-ring (bicyclic) bond motifs is 3. The molecule has 0 saturated carbocycles. The van der Waals surface area contributed by atoms with Gasteiger partial charge in [-0.15, -0.1) is 0 Å². The Morgan fingerprint density at radius 1 is 0.973 bits per heavy atom. The van der Waals surface area contributed by atoms with Crippen LogP contribution in [0.25, 0.3) is 11.1 Å². The third-order valence-electron chi connectivity index (χ3n) is 8.33. The number of carbonyl (C=O) groups excluding carboxylic acids is 2. The van der Waals surface area contributed by atoms with Gasteiger partial charge in [0, 0.05) is 41.4 Å². The first-order valence-electron chi connectivity index (χ1n) is 13.1. The van der Waals surface area contributed by atoms with Gasteiger partial charge in [-0.2, -0.15) is 0 Å². The van der Waals surface area contributed by atoms with E-state index in [1.165, 1.54) is 18.1 Å². The molecule has 3 aromatic rings. The number of carbonyl (C=O) groups is 2. The van der Waals surface area contributed by atoms with Crippen molar-refractivity contribution in [3.63, 3.8) is 0 Å². The standard InChI is InChI=1S/C31H33N3O3/c1-20-16-25(32-21(2)35)8-9-26(20)22-4-6-23(7-5-22)30(36)34-13-10-24-17-29-27(18-28(24)34)31(19-37-29)11-14-33(3)15-12-31/h4-9,16-18H,10-15,19H2,1-3H3,(H,32,35). The van der Waals surface area contributed by atoms with Crippen LogP contribution in [-0.2, 0) is 16.6 Å². The van der Waals surface area contributed by atoms with Gasteiger partial charge in [-0.3, -0.25) is 9.59 Å². The van der Waals surface area contributed by atoms with Gasteiger partial charge >= 0.3 is 0 Å². The van der Waals surface area contributed by atoms with Crippen LogP contribution in [-0.4, -0.2) is 50.0 Å². The van der Waals surface area contributed by atoms with E-state index in [-0.39, 0.29) is 17.2 Å². The topological polar surface area (TPSA) is 61.9 Å². The zero-order valence-corrected chi connectivity index (χ0v) is 21.8. The van der Waals surface area contributed by atoms with Gasteiger partial charge in [0.15, 0.2) is 0 Å². The third kappa shape index (κ3) is 4.19. The van der Waals surface area contributed by atoms with Crippen LogP contribution < -0.4 is 15.0 Å². The largest absolute Gasteiger partial charge is 0.492 e. The molecule has 3 heterocycles. The number of aryl methyl sites for hydroxylation is 1. The molecule has 0 aliphatic carbocycles. The molecule has 1 saturated heterocycles. The smallest absolute Gasteiger partial charge is 0.258 e. The Labute approximate surface area is 218 Å². The molecule has 6 nitrogen and oxygen atoms in total. The molecule has 3 aromatic carbocycles. The first-order valence-corrected chi connectivity index (χ1v) is 13.1. The fraction of sp³-hybridized carbons (Fsp3) is 0.355. The highest BCUT2D eigenvalue weighted by molar-refractivity contribution is 6.07. The maximum Gasteiger partial charge on any atom is 0.258 e. The summed E-state index contributed by atoms with van der Waals surface area (Å²) in [5.74, 6) is 0.971. The van der Waals surface area contributed by atoms with Gasteiger partial charge in [-0.1, -0.05) is 18.2 Å². The van der Waals surface area contributed by atoms with Gasteiger partial charge in [0.2, 0.25) is 5.91 Å². The molecule has 0 aromatic heterocycles. The van der Waals surface area contributed by atoms with E-state index >= 15 is 0 Å². The third-order valence-corrected chi connectivity index (χ3v) is 8.33. The molecular weight excluding hydrogens is 462 g/mol. The first-order chi connectivity index (χ1) is 17.8. The minimum Gasteiger partial charge on any atom is -0.492 e. The van der Waals surface area contributed by atoms with Crippen LogP contribution in [0.2, 0.25) is 0 Å². The summed E-state index contributed by atoms with van der Waals surface area (Å²) in [6.45, 7) is 7.12. The van der Waals surface area contributed by atoms with E-state index in [4.69, 9.17) is 4.74 Å². The van der Waals surface area contributed by atoms with Crippen molar-refractivity contribution in [2.45, 2.75) is 38.5 Å². The molecule has 6 heteroatoms. The molecule has 1 fully saturated rings. The number of rotatable bonds is 3. The highest BCUT2D eigenvalue weighted by Crippen LogP contribution is 2.49. The molecule has 1 spiro atoms. The zero-order chi connectivity index (χ0) is 25.7. The summed E-state index contributed by atoms with van der Waals surface area (Å²) in [6, 6.07) is 18.2. The second-order valence-electron chi connectivity index (χ2n) is 10.8. The van der Waals surface area contributed by atoms with Gasteiger partial charge in [0.25, 0.3) is 5.91 Å². The summed E-state index contributed by atoms with van der Waals surface area (Å²) in [5.41, 5.74) is 8.27. The lowest BCUT2D eigenvalue weighted by atomic mass is 9.74. The number of ether oxygens (including phenoxy) is 1. The SMILES string of the molecule is CC(=O)Nc1ccc(-c2ccc(C(=O)N3CCc4cc5c(cc43)C3(CCN(C)CC3)CO5)cc2)c(C)c1. The minimum atomic E-state index is -0.0857. The maximum absolute atomic E-state index is 13.6. The van der Waals surface area contributed by atoms with Gasteiger partial charge in [0.1, 0.15) is 5.75 Å². The highest BCUT2D eigenvalue weighted by Gasteiger charge is 2.44. The fourth-order valence-electron chi connectivity index (χ4n) is 6.13. The van der Waals surface area contributed by atoms with Crippen LogP contribution >= 0.6 is 0 Å². The van der Waals surface area contributed by atoms with Crippen molar-refractivity contribution in [3.8, 4) is 16.9 Å². The Morgan fingerprint density at radius 2 is 1.73 bits per heavy atom. The molecule has 3 aliphatic rings. The van der Waals surface area contributed by atoms with Gasteiger partial charge in [0.05, 0.1) is 6.61 Å². The summed E-state index contributed by atoms with van der Waals surface area (Å²) in [4.78, 5) is 29.3. The molecule has 37 heavy (non-hydrogen) atoms. The lowest BCUT2D eigenvalue weighted by Crippen LogP contribution is -2.42. The molecule has 0 unspecified atom stereocenters. The number of nitrogens with one attached hydrogen (secondary N) is 1. The van der Waals surface area contributed by atoms with Crippen LogP contribution in [0.3, 0.4) is 0 Å². The minimum absolute atomic E-state index is 0.0410. The molecule has 3 aliphatic heterocycles. The predicted molar refractivity (Wildman–Crippen MR) is 147 cm³/mol. The van der Waals surface area contributed by atoms with Crippen molar-refractivity contribution in [1.29, 1.82) is 0 Å². The van der Waals surface area contributed by atoms with E-state index in [0.29, 0.717) is 12.1 Å². The summed E-state index contributed by atoms with van der Waals surface area (Å²) in [6.07, 6.45) is 3.04. The summed E-state index contributed by atoms with van der Waals surface area (Å²) in [7, 11) is 2.18. The number of nitrogens with zero attached hydrogens (tertiary/aromatic N) is 2. The number of anilines is 2. The Morgan fingerprint density at radius 3 is 2.43 bits per heavy atom. The van der Waals surface area contributed by atoms with Crippen LogP contribution in [0.4, 0.5) is 11.4 Å². The predicted octanol–water partition coefficient (Wildman–Crippen LogP) is 5.18. The fourth-order valence-corrected chi connectivity index (χ4v) is 6.13. The highest BCUT2D eigenvalue weighted by atomic mass is 16.5. The summed E-state index contributed by atoms with van der Waals surface area (Å²) < 4.78 is 6.18. The van der Waals surface area contributed by atoms with Crippen LogP contribution in [0.1, 0.15) is 46.8 Å². The molecule has 190 valence electrons. The Hall–Kier alpha value is -3.64. The van der Waals surface area contributed by atoms with Crippen molar-refractivity contribution >= 4 is 23.2 Å².